The van der Waals surface area contributed by atoms with Gasteiger partial charge in [0.25, 0.3) is 5.91 Å². The van der Waals surface area contributed by atoms with E-state index in [-0.39, 0.29) is 17.5 Å². The van der Waals surface area contributed by atoms with Crippen molar-refractivity contribution in [3.63, 3.8) is 0 Å². The van der Waals surface area contributed by atoms with Crippen molar-refractivity contribution in [2.75, 3.05) is 18.4 Å². The number of nitrogens with two attached hydrogens (primary N) is 2. The van der Waals surface area contributed by atoms with Gasteiger partial charge in [0.1, 0.15) is 22.7 Å². The maximum absolute atomic E-state index is 13.1. The fraction of sp³-hybridized carbons (Fsp3) is 0.217. The predicted octanol–water partition coefficient (Wildman–Crippen LogP) is 3.80. The van der Waals surface area contributed by atoms with Crippen LogP contribution in [0.3, 0.4) is 0 Å². The maximum atomic E-state index is 13.1. The zero-order valence-corrected chi connectivity index (χ0v) is 18.0. The van der Waals surface area contributed by atoms with Crippen molar-refractivity contribution in [3.05, 3.63) is 71.5 Å². The van der Waals surface area contributed by atoms with Crippen LogP contribution in [0.4, 0.5) is 14.2 Å². The van der Waals surface area contributed by atoms with Crippen LogP contribution in [0.5, 0.6) is 5.75 Å². The van der Waals surface area contributed by atoms with Crippen molar-refractivity contribution in [3.8, 4) is 16.2 Å². The normalized spacial score (nSPS) is 16.1. The first-order valence-corrected chi connectivity index (χ1v) is 10.9. The number of hydrogen-bond acceptors (Lipinski definition) is 5. The van der Waals surface area contributed by atoms with Crippen molar-refractivity contribution in [1.82, 2.24) is 4.90 Å². The van der Waals surface area contributed by atoms with Crippen molar-refractivity contribution in [1.29, 1.82) is 0 Å². The number of anilines is 1. The van der Waals surface area contributed by atoms with Gasteiger partial charge in [-0.2, -0.15) is 0 Å². The van der Waals surface area contributed by atoms with Crippen LogP contribution in [-0.2, 0) is 6.54 Å². The molecule has 0 saturated carbocycles. The summed E-state index contributed by atoms with van der Waals surface area (Å²) in [5, 5.41) is 2.76. The average Bonchev–Trinajstić information content (AvgIpc) is 3.37. The summed E-state index contributed by atoms with van der Waals surface area (Å²) in [5.41, 5.74) is 12.7. The number of amides is 3. The minimum absolute atomic E-state index is 0.00427. The molecule has 5 N–H and O–H groups in total. The Labute approximate surface area is 188 Å². The monoisotopic (exact) mass is 454 g/mol. The first-order chi connectivity index (χ1) is 15.4. The van der Waals surface area contributed by atoms with Crippen LogP contribution in [0.2, 0.25) is 0 Å². The number of ether oxygens (including phenoxy) is 1. The van der Waals surface area contributed by atoms with E-state index < -0.39 is 11.9 Å². The molecule has 0 bridgehead atoms. The molecule has 2 heterocycles. The third kappa shape index (κ3) is 5.06. The number of rotatable bonds is 7. The summed E-state index contributed by atoms with van der Waals surface area (Å²) >= 11 is 1.21. The number of hydrogen-bond donors (Lipinski definition) is 3. The van der Waals surface area contributed by atoms with Gasteiger partial charge in [0.05, 0.1) is 5.56 Å². The van der Waals surface area contributed by atoms with Gasteiger partial charge in [-0.1, -0.05) is 24.3 Å². The van der Waals surface area contributed by atoms with Gasteiger partial charge in [0.15, 0.2) is 0 Å². The summed E-state index contributed by atoms with van der Waals surface area (Å²) in [6.45, 7) is 2.36. The molecule has 0 spiro atoms. The number of para-hydroxylation sites is 1. The molecule has 3 aromatic rings. The molecule has 1 unspecified atom stereocenters. The molecular formula is C23H23FN4O3S. The van der Waals surface area contributed by atoms with Gasteiger partial charge < -0.3 is 16.2 Å². The highest BCUT2D eigenvalue weighted by Gasteiger charge is 2.25. The largest absolute Gasteiger partial charge is 0.488 e. The number of primary amides is 2. The Kier molecular flexibility index (Phi) is 6.38. The highest BCUT2D eigenvalue weighted by atomic mass is 32.1. The lowest BCUT2D eigenvalue weighted by molar-refractivity contribution is 0.100. The van der Waals surface area contributed by atoms with Gasteiger partial charge in [-0.3, -0.25) is 15.0 Å². The van der Waals surface area contributed by atoms with E-state index in [2.05, 4.69) is 10.2 Å². The molecule has 32 heavy (non-hydrogen) atoms. The fourth-order valence-corrected chi connectivity index (χ4v) is 4.85. The summed E-state index contributed by atoms with van der Waals surface area (Å²) in [5.74, 6) is -0.207. The molecule has 1 aliphatic rings. The van der Waals surface area contributed by atoms with Crippen molar-refractivity contribution in [2.24, 2.45) is 11.5 Å². The molecule has 1 atom stereocenters. The second-order valence-corrected chi connectivity index (χ2v) is 8.65. The fourth-order valence-electron chi connectivity index (χ4n) is 3.75. The summed E-state index contributed by atoms with van der Waals surface area (Å²) in [7, 11) is 0. The van der Waals surface area contributed by atoms with Crippen molar-refractivity contribution in [2.45, 2.75) is 19.1 Å². The molecule has 2 aromatic carbocycles. The second-order valence-electron chi connectivity index (χ2n) is 7.59. The third-order valence-corrected chi connectivity index (χ3v) is 6.31. The topological polar surface area (TPSA) is 111 Å². The third-order valence-electron chi connectivity index (χ3n) is 5.23. The second kappa shape index (κ2) is 9.37. The molecule has 1 aromatic heterocycles. The van der Waals surface area contributed by atoms with Crippen LogP contribution in [0.25, 0.3) is 10.4 Å². The molecule has 9 heteroatoms. The SMILES string of the molecule is NC(=O)Nc1sc(-c2ccccc2OC2CCN(Cc3ccc(F)cc3)C2)cc1C(N)=O. The first kappa shape index (κ1) is 21.8. The molecule has 1 aliphatic heterocycles. The van der Waals surface area contributed by atoms with E-state index in [4.69, 9.17) is 16.2 Å². The number of urea groups is 1. The zero-order valence-electron chi connectivity index (χ0n) is 17.2. The molecule has 1 saturated heterocycles. The Balaban J connectivity index is 1.49. The van der Waals surface area contributed by atoms with E-state index in [1.54, 1.807) is 18.2 Å². The molecule has 166 valence electrons. The quantitative estimate of drug-likeness (QED) is 0.504. The van der Waals surface area contributed by atoms with Gasteiger partial charge in [-0.25, -0.2) is 9.18 Å². The molecule has 0 aliphatic carbocycles. The summed E-state index contributed by atoms with van der Waals surface area (Å²) in [6.07, 6.45) is 0.858. The smallest absolute Gasteiger partial charge is 0.317 e. The number of thiophene rings is 1. The minimum atomic E-state index is -0.766. The number of carbonyl (C=O) groups is 2. The Hall–Kier alpha value is -3.43. The maximum Gasteiger partial charge on any atom is 0.317 e. The van der Waals surface area contributed by atoms with Gasteiger partial charge in [-0.05, 0) is 42.3 Å². The standard InChI is InChI=1S/C23H23FN4O3S/c24-15-7-5-14(6-8-15)12-28-10-9-16(13-28)31-19-4-2-1-3-17(19)20-11-18(21(25)29)22(32-20)27-23(26)30/h1-8,11,16H,9-10,12-13H2,(H2,25,29)(H3,26,27,30). The van der Waals surface area contributed by atoms with Gasteiger partial charge in [-0.15, -0.1) is 11.3 Å². The van der Waals surface area contributed by atoms with E-state index in [1.807, 2.05) is 24.3 Å². The van der Waals surface area contributed by atoms with Crippen LogP contribution < -0.4 is 21.5 Å². The number of benzene rings is 2. The summed E-state index contributed by atoms with van der Waals surface area (Å²) in [6, 6.07) is 14.9. The summed E-state index contributed by atoms with van der Waals surface area (Å²) < 4.78 is 19.4. The zero-order chi connectivity index (χ0) is 22.7. The highest BCUT2D eigenvalue weighted by molar-refractivity contribution is 7.20. The molecular weight excluding hydrogens is 431 g/mol. The van der Waals surface area contributed by atoms with Crippen LogP contribution in [0.15, 0.2) is 54.6 Å². The number of nitrogens with one attached hydrogen (secondary N) is 1. The Morgan fingerprint density at radius 3 is 2.62 bits per heavy atom. The molecule has 1 fully saturated rings. The molecule has 0 radical (unpaired) electrons. The minimum Gasteiger partial charge on any atom is -0.488 e. The van der Waals surface area contributed by atoms with Crippen molar-refractivity contribution < 1.29 is 18.7 Å². The van der Waals surface area contributed by atoms with E-state index in [1.165, 1.54) is 23.5 Å². The Morgan fingerprint density at radius 2 is 1.91 bits per heavy atom. The van der Waals surface area contributed by atoms with Gasteiger partial charge in [0.2, 0.25) is 0 Å². The van der Waals surface area contributed by atoms with Crippen LogP contribution in [0, 0.1) is 5.82 Å². The van der Waals surface area contributed by atoms with E-state index in [9.17, 15) is 14.0 Å². The van der Waals surface area contributed by atoms with E-state index >= 15 is 0 Å². The first-order valence-electron chi connectivity index (χ1n) is 10.1. The molecule has 7 nitrogen and oxygen atoms in total. The number of nitrogens with zero attached hydrogens (tertiary/aromatic N) is 1. The number of likely N-dealkylation sites (tertiary alicyclic amines) is 1. The lowest BCUT2D eigenvalue weighted by Gasteiger charge is -2.18. The van der Waals surface area contributed by atoms with E-state index in [0.29, 0.717) is 10.8 Å². The van der Waals surface area contributed by atoms with Crippen LogP contribution in [0.1, 0.15) is 22.3 Å². The van der Waals surface area contributed by atoms with Gasteiger partial charge >= 0.3 is 6.03 Å². The lowest BCUT2D eigenvalue weighted by atomic mass is 10.1. The van der Waals surface area contributed by atoms with Gasteiger partial charge in [0, 0.05) is 30.1 Å². The Bertz CT molecular complexity index is 1130. The number of carbonyl (C=O) groups excluding carboxylic acids is 2. The predicted molar refractivity (Wildman–Crippen MR) is 122 cm³/mol. The van der Waals surface area contributed by atoms with E-state index in [0.717, 1.165) is 42.1 Å². The molecule has 4 rings (SSSR count). The lowest BCUT2D eigenvalue weighted by Crippen LogP contribution is -2.24. The highest BCUT2D eigenvalue weighted by Crippen LogP contribution is 2.40. The van der Waals surface area contributed by atoms with Crippen LogP contribution in [-0.4, -0.2) is 36.0 Å². The Morgan fingerprint density at radius 1 is 1.16 bits per heavy atom. The molecule has 3 amide bonds. The average molecular weight is 455 g/mol. The number of halogens is 1. The summed E-state index contributed by atoms with van der Waals surface area (Å²) in [4.78, 5) is 26.1. The van der Waals surface area contributed by atoms with Crippen LogP contribution >= 0.6 is 11.3 Å². The van der Waals surface area contributed by atoms with Crippen molar-refractivity contribution >= 4 is 28.3 Å².